The SMILES string of the molecule is C=C1C(=O)O[C@@H]2/C=C(\C)CCC=C(C)C[C@@H](OC(=O)C=C(CO)CO)[C@@H]12. The van der Waals surface area contributed by atoms with Crippen LogP contribution >= 0.6 is 0 Å². The number of esters is 2. The first-order chi connectivity index (χ1) is 12.3. The quantitative estimate of drug-likeness (QED) is 0.451. The fourth-order valence-corrected chi connectivity index (χ4v) is 3.22. The minimum atomic E-state index is -0.676. The summed E-state index contributed by atoms with van der Waals surface area (Å²) < 4.78 is 11.0. The maximum Gasteiger partial charge on any atom is 0.334 e. The largest absolute Gasteiger partial charge is 0.458 e. The molecule has 3 atom stereocenters. The number of ether oxygens (including phenoxy) is 2. The molecular weight excluding hydrogens is 336 g/mol. The maximum absolute atomic E-state index is 12.2. The Morgan fingerprint density at radius 1 is 1.35 bits per heavy atom. The average molecular weight is 362 g/mol. The summed E-state index contributed by atoms with van der Waals surface area (Å²) in [7, 11) is 0. The lowest BCUT2D eigenvalue weighted by Crippen LogP contribution is -2.33. The highest BCUT2D eigenvalue weighted by molar-refractivity contribution is 5.91. The molecule has 0 amide bonds. The normalized spacial score (nSPS) is 28.2. The Morgan fingerprint density at radius 3 is 2.69 bits per heavy atom. The van der Waals surface area contributed by atoms with E-state index in [1.165, 1.54) is 0 Å². The Morgan fingerprint density at radius 2 is 2.04 bits per heavy atom. The van der Waals surface area contributed by atoms with E-state index in [1.807, 2.05) is 19.9 Å². The van der Waals surface area contributed by atoms with E-state index in [0.29, 0.717) is 12.0 Å². The van der Waals surface area contributed by atoms with Gasteiger partial charge in [-0.3, -0.25) is 0 Å². The molecule has 0 aromatic rings. The molecule has 2 rings (SSSR count). The zero-order valence-electron chi connectivity index (χ0n) is 15.2. The van der Waals surface area contributed by atoms with Crippen molar-refractivity contribution in [2.45, 2.75) is 45.3 Å². The Balaban J connectivity index is 2.33. The second-order valence-corrected chi connectivity index (χ2v) is 6.82. The summed E-state index contributed by atoms with van der Waals surface area (Å²) in [5, 5.41) is 18.2. The van der Waals surface area contributed by atoms with Gasteiger partial charge in [0.2, 0.25) is 0 Å². The van der Waals surface area contributed by atoms with Crippen LogP contribution in [0, 0.1) is 5.92 Å². The molecule has 0 bridgehead atoms. The first-order valence-electron chi connectivity index (χ1n) is 8.70. The van der Waals surface area contributed by atoms with Crippen LogP contribution in [0.4, 0.5) is 0 Å². The fraction of sp³-hybridized carbons (Fsp3) is 0.500. The van der Waals surface area contributed by atoms with E-state index in [-0.39, 0.29) is 5.57 Å². The van der Waals surface area contributed by atoms with Gasteiger partial charge >= 0.3 is 11.9 Å². The molecule has 1 fully saturated rings. The van der Waals surface area contributed by atoms with Crippen LogP contribution in [0.1, 0.15) is 33.1 Å². The van der Waals surface area contributed by atoms with Crippen LogP contribution < -0.4 is 0 Å². The zero-order chi connectivity index (χ0) is 19.3. The number of hydrogen-bond donors (Lipinski definition) is 2. The predicted molar refractivity (Wildman–Crippen MR) is 96.0 cm³/mol. The Hall–Kier alpha value is -2.18. The smallest absolute Gasteiger partial charge is 0.334 e. The van der Waals surface area contributed by atoms with Crippen LogP contribution in [-0.4, -0.2) is 47.6 Å². The molecule has 0 radical (unpaired) electrons. The van der Waals surface area contributed by atoms with Crippen LogP contribution in [0.15, 0.2) is 47.1 Å². The predicted octanol–water partition coefficient (Wildman–Crippen LogP) is 1.98. The van der Waals surface area contributed by atoms with Crippen molar-refractivity contribution in [2.24, 2.45) is 5.92 Å². The van der Waals surface area contributed by atoms with Gasteiger partial charge in [0, 0.05) is 18.1 Å². The van der Waals surface area contributed by atoms with Gasteiger partial charge in [0.15, 0.2) is 0 Å². The molecule has 0 unspecified atom stereocenters. The second-order valence-electron chi connectivity index (χ2n) is 6.82. The number of rotatable bonds is 4. The fourth-order valence-electron chi connectivity index (χ4n) is 3.22. The summed E-state index contributed by atoms with van der Waals surface area (Å²) in [6, 6.07) is 0. The lowest BCUT2D eigenvalue weighted by Gasteiger charge is -2.27. The van der Waals surface area contributed by atoms with Crippen molar-refractivity contribution in [2.75, 3.05) is 13.2 Å². The Kier molecular flexibility index (Phi) is 6.94. The molecule has 142 valence electrons. The summed E-state index contributed by atoms with van der Waals surface area (Å²) in [4.78, 5) is 24.3. The number of carbonyl (C=O) groups excluding carboxylic acids is 2. The number of fused-ring (bicyclic) bond motifs is 1. The summed E-state index contributed by atoms with van der Waals surface area (Å²) >= 11 is 0. The highest BCUT2D eigenvalue weighted by Crippen LogP contribution is 2.36. The van der Waals surface area contributed by atoms with Crippen molar-refractivity contribution in [3.05, 3.63) is 47.1 Å². The molecule has 6 heteroatoms. The van der Waals surface area contributed by atoms with Crippen LogP contribution in [0.5, 0.6) is 0 Å². The third-order valence-corrected chi connectivity index (χ3v) is 4.66. The molecular formula is C20H26O6. The van der Waals surface area contributed by atoms with Crippen molar-refractivity contribution >= 4 is 11.9 Å². The van der Waals surface area contributed by atoms with Gasteiger partial charge in [-0.1, -0.05) is 23.8 Å². The van der Waals surface area contributed by atoms with Crippen molar-refractivity contribution < 1.29 is 29.3 Å². The Bertz CT molecular complexity index is 664. The summed E-state index contributed by atoms with van der Waals surface area (Å²) in [5.74, 6) is -1.62. The van der Waals surface area contributed by atoms with Gasteiger partial charge in [-0.05, 0) is 38.3 Å². The lowest BCUT2D eigenvalue weighted by molar-refractivity contribution is -0.146. The first kappa shape index (κ1) is 20.1. The van der Waals surface area contributed by atoms with E-state index < -0.39 is 43.3 Å². The topological polar surface area (TPSA) is 93.1 Å². The number of carbonyl (C=O) groups is 2. The van der Waals surface area contributed by atoms with Crippen molar-refractivity contribution in [3.8, 4) is 0 Å². The van der Waals surface area contributed by atoms with E-state index >= 15 is 0 Å². The van der Waals surface area contributed by atoms with Crippen molar-refractivity contribution in [3.63, 3.8) is 0 Å². The minimum absolute atomic E-state index is 0.159. The highest BCUT2D eigenvalue weighted by Gasteiger charge is 2.44. The van der Waals surface area contributed by atoms with Crippen molar-refractivity contribution in [1.82, 2.24) is 0 Å². The number of aliphatic hydroxyl groups excluding tert-OH is 2. The summed E-state index contributed by atoms with van der Waals surface area (Å²) in [5.41, 5.74) is 2.60. The minimum Gasteiger partial charge on any atom is -0.458 e. The van der Waals surface area contributed by atoms with Crippen LogP contribution in [0.2, 0.25) is 0 Å². The second kappa shape index (κ2) is 8.96. The summed E-state index contributed by atoms with van der Waals surface area (Å²) in [6.07, 6.45) is 6.12. The molecule has 1 aliphatic carbocycles. The summed E-state index contributed by atoms with van der Waals surface area (Å²) in [6.45, 7) is 6.91. The van der Waals surface area contributed by atoms with E-state index in [0.717, 1.165) is 30.1 Å². The van der Waals surface area contributed by atoms with E-state index in [2.05, 4.69) is 12.7 Å². The van der Waals surface area contributed by atoms with Gasteiger partial charge in [0.25, 0.3) is 0 Å². The first-order valence-corrected chi connectivity index (χ1v) is 8.70. The number of allylic oxidation sites excluding steroid dienone is 2. The standard InChI is InChI=1S/C20H26O6/c1-12-5-4-6-13(2)8-17-19(14(3)20(24)26-17)16(7-12)25-18(23)9-15(10-21)11-22/h5,8-9,16-17,19,21-22H,3-4,6-7,10-11H2,1-2H3/b12-5?,13-8+/t16-,17-,19-/m1/s1. The molecule has 1 saturated heterocycles. The van der Waals surface area contributed by atoms with Crippen LogP contribution in [0.25, 0.3) is 0 Å². The van der Waals surface area contributed by atoms with Crippen LogP contribution in [0.3, 0.4) is 0 Å². The van der Waals surface area contributed by atoms with Gasteiger partial charge in [-0.2, -0.15) is 0 Å². The van der Waals surface area contributed by atoms with E-state index in [9.17, 15) is 9.59 Å². The van der Waals surface area contributed by atoms with Crippen molar-refractivity contribution in [1.29, 1.82) is 0 Å². The maximum atomic E-state index is 12.2. The molecule has 26 heavy (non-hydrogen) atoms. The number of aliphatic hydroxyl groups is 2. The molecule has 6 nitrogen and oxygen atoms in total. The monoisotopic (exact) mass is 362 g/mol. The third kappa shape index (κ3) is 4.93. The van der Waals surface area contributed by atoms with Gasteiger partial charge < -0.3 is 19.7 Å². The molecule has 0 spiro atoms. The zero-order valence-corrected chi connectivity index (χ0v) is 15.2. The van der Waals surface area contributed by atoms with E-state index in [4.69, 9.17) is 19.7 Å². The molecule has 1 aliphatic heterocycles. The number of hydrogen-bond acceptors (Lipinski definition) is 6. The average Bonchev–Trinajstić information content (AvgIpc) is 2.85. The molecule has 0 saturated carbocycles. The molecule has 1 heterocycles. The molecule has 2 aliphatic rings. The van der Waals surface area contributed by atoms with Gasteiger partial charge in [-0.15, -0.1) is 0 Å². The van der Waals surface area contributed by atoms with Gasteiger partial charge in [0.05, 0.1) is 19.1 Å². The molecule has 2 N–H and O–H groups in total. The molecule has 0 aromatic heterocycles. The Labute approximate surface area is 153 Å². The highest BCUT2D eigenvalue weighted by atomic mass is 16.6. The molecule has 0 aromatic carbocycles. The van der Waals surface area contributed by atoms with Gasteiger partial charge in [-0.25, -0.2) is 9.59 Å². The van der Waals surface area contributed by atoms with Crippen LogP contribution in [-0.2, 0) is 19.1 Å². The van der Waals surface area contributed by atoms with Gasteiger partial charge in [0.1, 0.15) is 12.2 Å². The van der Waals surface area contributed by atoms with E-state index in [1.54, 1.807) is 0 Å². The third-order valence-electron chi connectivity index (χ3n) is 4.66. The lowest BCUT2D eigenvalue weighted by atomic mass is 9.85.